The van der Waals surface area contributed by atoms with Crippen LogP contribution in [0.3, 0.4) is 0 Å². The van der Waals surface area contributed by atoms with Crippen LogP contribution in [-0.2, 0) is 14.9 Å². The van der Waals surface area contributed by atoms with Gasteiger partial charge in [0.1, 0.15) is 11.1 Å². The first kappa shape index (κ1) is 25.5. The second kappa shape index (κ2) is 8.86. The number of amides is 2. The van der Waals surface area contributed by atoms with Gasteiger partial charge in [-0.2, -0.15) is 4.98 Å². The molecule has 0 atom stereocenters. The van der Waals surface area contributed by atoms with E-state index in [9.17, 15) is 9.59 Å². The Labute approximate surface area is 228 Å². The number of piperidine rings is 1. The van der Waals surface area contributed by atoms with Gasteiger partial charge in [0, 0.05) is 43.6 Å². The molecule has 0 saturated carbocycles. The summed E-state index contributed by atoms with van der Waals surface area (Å²) in [6.45, 7) is 12.6. The highest BCUT2D eigenvalue weighted by Gasteiger charge is 2.44. The Bertz CT molecular complexity index is 1450. The molecule has 0 unspecified atom stereocenters. The molecule has 1 aromatic carbocycles. The number of hydrogen-bond acceptors (Lipinski definition) is 8. The number of rotatable bonds is 3. The molecule has 0 radical (unpaired) electrons. The van der Waals surface area contributed by atoms with E-state index in [1.165, 1.54) is 0 Å². The number of nitrogens with one attached hydrogen (secondary N) is 2. The van der Waals surface area contributed by atoms with Crippen molar-refractivity contribution < 1.29 is 18.7 Å². The second-order valence-corrected chi connectivity index (χ2v) is 12.6. The molecule has 0 bridgehead atoms. The van der Waals surface area contributed by atoms with E-state index in [4.69, 9.17) is 14.1 Å². The zero-order chi connectivity index (χ0) is 27.6. The minimum atomic E-state index is -0.553. The molecule has 2 aromatic heterocycles. The van der Waals surface area contributed by atoms with Crippen LogP contribution in [0.25, 0.3) is 11.1 Å². The highest BCUT2D eigenvalue weighted by atomic mass is 16.6. The fourth-order valence-electron chi connectivity index (χ4n) is 5.94. The van der Waals surface area contributed by atoms with Crippen molar-refractivity contribution in [2.45, 2.75) is 64.9 Å². The summed E-state index contributed by atoms with van der Waals surface area (Å²) in [6.07, 6.45) is 4.32. The minimum absolute atomic E-state index is 0.00708. The maximum atomic E-state index is 12.6. The van der Waals surface area contributed by atoms with Gasteiger partial charge in [0.05, 0.1) is 11.7 Å². The van der Waals surface area contributed by atoms with Crippen molar-refractivity contribution in [1.82, 2.24) is 14.9 Å². The first-order valence-electron chi connectivity index (χ1n) is 13.6. The molecule has 2 fully saturated rings. The molecule has 3 aromatic rings. The van der Waals surface area contributed by atoms with Gasteiger partial charge < -0.3 is 29.6 Å². The zero-order valence-corrected chi connectivity index (χ0v) is 23.3. The van der Waals surface area contributed by atoms with Crippen molar-refractivity contribution in [1.29, 1.82) is 0 Å². The first-order chi connectivity index (χ1) is 18.4. The average molecular weight is 533 g/mol. The van der Waals surface area contributed by atoms with Crippen molar-refractivity contribution in [3.05, 3.63) is 36.1 Å². The number of fused-ring (bicyclic) bond motifs is 2. The molecule has 39 heavy (non-hydrogen) atoms. The second-order valence-electron chi connectivity index (χ2n) is 12.6. The Kier molecular flexibility index (Phi) is 5.78. The van der Waals surface area contributed by atoms with Crippen LogP contribution in [0, 0.1) is 5.41 Å². The van der Waals surface area contributed by atoms with Crippen LogP contribution in [0.5, 0.6) is 0 Å². The van der Waals surface area contributed by atoms with E-state index in [-0.39, 0.29) is 17.4 Å². The molecule has 5 heterocycles. The highest BCUT2D eigenvalue weighted by molar-refractivity contribution is 6.06. The number of nitrogens with zero attached hydrogens (tertiary/aromatic N) is 4. The minimum Gasteiger partial charge on any atom is -0.459 e. The van der Waals surface area contributed by atoms with E-state index in [1.807, 2.05) is 63.8 Å². The largest absolute Gasteiger partial charge is 0.459 e. The number of benzene rings is 1. The smallest absolute Gasteiger partial charge is 0.410 e. The van der Waals surface area contributed by atoms with Gasteiger partial charge in [-0.1, -0.05) is 6.07 Å². The summed E-state index contributed by atoms with van der Waals surface area (Å²) in [4.78, 5) is 38.6. The van der Waals surface area contributed by atoms with Crippen LogP contribution in [0.2, 0.25) is 0 Å². The summed E-state index contributed by atoms with van der Waals surface area (Å²) in [6, 6.07) is 7.69. The number of carbonyl (C=O) groups is 2. The third kappa shape index (κ3) is 4.66. The van der Waals surface area contributed by atoms with Crippen molar-refractivity contribution >= 4 is 46.2 Å². The predicted molar refractivity (Wildman–Crippen MR) is 149 cm³/mol. The topological polar surface area (TPSA) is 113 Å². The maximum Gasteiger partial charge on any atom is 0.410 e. The molecule has 2 amide bonds. The van der Waals surface area contributed by atoms with E-state index in [1.54, 1.807) is 6.26 Å². The molecule has 0 aliphatic carbocycles. The summed E-state index contributed by atoms with van der Waals surface area (Å²) in [5, 5.41) is 6.29. The van der Waals surface area contributed by atoms with Gasteiger partial charge in [0.25, 0.3) is 0 Å². The van der Waals surface area contributed by atoms with Crippen LogP contribution < -0.4 is 15.5 Å². The molecule has 206 valence electrons. The summed E-state index contributed by atoms with van der Waals surface area (Å²) >= 11 is 0. The Hall–Kier alpha value is -3.82. The molecule has 3 aliphatic rings. The molecule has 10 nitrogen and oxygen atoms in total. The predicted octanol–water partition coefficient (Wildman–Crippen LogP) is 5.42. The summed E-state index contributed by atoms with van der Waals surface area (Å²) in [7, 11) is 0. The molecule has 2 N–H and O–H groups in total. The van der Waals surface area contributed by atoms with Crippen LogP contribution in [-0.4, -0.2) is 58.6 Å². The fraction of sp³-hybridized carbons (Fsp3) is 0.517. The van der Waals surface area contributed by atoms with Crippen LogP contribution >= 0.6 is 0 Å². The molecule has 1 spiro atoms. The molecule has 3 aliphatic heterocycles. The zero-order valence-electron chi connectivity index (χ0n) is 23.3. The highest BCUT2D eigenvalue weighted by Crippen LogP contribution is 2.43. The van der Waals surface area contributed by atoms with E-state index in [0.717, 1.165) is 73.7 Å². The monoisotopic (exact) mass is 532 g/mol. The molecular weight excluding hydrogens is 496 g/mol. The van der Waals surface area contributed by atoms with Crippen molar-refractivity contribution in [2.24, 2.45) is 5.41 Å². The number of likely N-dealkylation sites (tertiary alicyclic amines) is 1. The third-order valence-electron chi connectivity index (χ3n) is 8.26. The van der Waals surface area contributed by atoms with Gasteiger partial charge in [-0.3, -0.25) is 4.79 Å². The Morgan fingerprint density at radius 1 is 1.10 bits per heavy atom. The van der Waals surface area contributed by atoms with E-state index >= 15 is 0 Å². The van der Waals surface area contributed by atoms with Crippen molar-refractivity contribution in [3.63, 3.8) is 0 Å². The van der Waals surface area contributed by atoms with Crippen LogP contribution in [0.4, 0.5) is 27.9 Å². The Morgan fingerprint density at radius 2 is 1.85 bits per heavy atom. The SMILES string of the molecule is CC(C)(C)OC(=O)N1CCC2(CCN(c3nc(Nc4ccc5c(c4)NC(=O)C5(C)C)nc4ccoc34)CC2)C1. The lowest BCUT2D eigenvalue weighted by Gasteiger charge is -2.39. The Morgan fingerprint density at radius 3 is 2.59 bits per heavy atom. The van der Waals surface area contributed by atoms with E-state index in [2.05, 4.69) is 20.5 Å². The molecule has 10 heteroatoms. The number of ether oxygens (including phenoxy) is 1. The maximum absolute atomic E-state index is 12.6. The molecule has 6 rings (SSSR count). The van der Waals surface area contributed by atoms with Gasteiger partial charge in [-0.15, -0.1) is 0 Å². The lowest BCUT2D eigenvalue weighted by Crippen LogP contribution is -2.43. The lowest BCUT2D eigenvalue weighted by atomic mass is 9.78. The van der Waals surface area contributed by atoms with Crippen LogP contribution in [0.15, 0.2) is 34.9 Å². The quantitative estimate of drug-likeness (QED) is 0.460. The number of aromatic nitrogens is 2. The van der Waals surface area contributed by atoms with Crippen LogP contribution in [0.1, 0.15) is 59.4 Å². The van der Waals surface area contributed by atoms with E-state index in [0.29, 0.717) is 11.5 Å². The van der Waals surface area contributed by atoms with Crippen molar-refractivity contribution in [2.75, 3.05) is 41.7 Å². The summed E-state index contributed by atoms with van der Waals surface area (Å²) in [5.41, 5.74) is 3.03. The Balaban J connectivity index is 1.18. The summed E-state index contributed by atoms with van der Waals surface area (Å²) < 4.78 is 11.4. The first-order valence-corrected chi connectivity index (χ1v) is 13.6. The van der Waals surface area contributed by atoms with Crippen molar-refractivity contribution in [3.8, 4) is 0 Å². The fourth-order valence-corrected chi connectivity index (χ4v) is 5.94. The molecular formula is C29H36N6O4. The lowest BCUT2D eigenvalue weighted by molar-refractivity contribution is -0.119. The standard InChI is InChI=1S/C29H36N6O4/c1-27(2,3)39-26(37)35-14-11-29(17-35)9-12-34(13-10-29)23-22-20(8-15-38-22)32-25(33-23)30-18-6-7-19-21(16-18)31-24(36)28(19,4)5/h6-8,15-16H,9-14,17H2,1-5H3,(H,31,36)(H,30,32,33). The summed E-state index contributed by atoms with van der Waals surface area (Å²) in [5.74, 6) is 1.23. The third-order valence-corrected chi connectivity index (χ3v) is 8.26. The van der Waals surface area contributed by atoms with Gasteiger partial charge in [0.2, 0.25) is 11.9 Å². The van der Waals surface area contributed by atoms with Gasteiger partial charge in [-0.05, 0) is 77.0 Å². The number of carbonyl (C=O) groups excluding carboxylic acids is 2. The van der Waals surface area contributed by atoms with Gasteiger partial charge >= 0.3 is 6.09 Å². The number of anilines is 4. The normalized spacial score (nSPS) is 19.9. The van der Waals surface area contributed by atoms with E-state index < -0.39 is 11.0 Å². The van der Waals surface area contributed by atoms with Gasteiger partial charge in [-0.25, -0.2) is 9.78 Å². The molecule has 2 saturated heterocycles. The average Bonchev–Trinajstić information content (AvgIpc) is 3.55. The number of furan rings is 1. The van der Waals surface area contributed by atoms with Gasteiger partial charge in [0.15, 0.2) is 11.4 Å². The number of hydrogen-bond donors (Lipinski definition) is 2.